The minimum atomic E-state index is -1.20. The molecule has 3 aliphatic heterocycles. The number of aliphatic hydroxyl groups is 1. The normalized spacial score (nSPS) is 35.2. The predicted molar refractivity (Wildman–Crippen MR) is 83.8 cm³/mol. The van der Waals surface area contributed by atoms with Gasteiger partial charge in [-0.1, -0.05) is 0 Å². The average molecular weight is 324 g/mol. The van der Waals surface area contributed by atoms with Crippen LogP contribution in [0.1, 0.15) is 38.5 Å². The molecule has 1 N–H and O–H groups in total. The van der Waals surface area contributed by atoms with E-state index in [0.717, 1.165) is 45.4 Å². The molecule has 3 saturated heterocycles. The van der Waals surface area contributed by atoms with Gasteiger partial charge in [0.1, 0.15) is 0 Å². The number of ether oxygens (including phenoxy) is 2. The minimum Gasteiger partial charge on any atom is -0.379 e. The van der Waals surface area contributed by atoms with Crippen LogP contribution in [0, 0.1) is 5.92 Å². The number of amides is 1. The van der Waals surface area contributed by atoms with E-state index < -0.39 is 11.4 Å². The molecular formula is C17H28N2O4. The van der Waals surface area contributed by atoms with Gasteiger partial charge in [0.25, 0.3) is 5.91 Å². The number of β-amino-alcohol motifs (C(OH)–C–C–N with tert-alkyl or cyclic N) is 1. The van der Waals surface area contributed by atoms with E-state index in [1.165, 1.54) is 12.8 Å². The Morgan fingerprint density at radius 1 is 1.09 bits per heavy atom. The number of nitrogens with zero attached hydrogens (tertiary/aromatic N) is 2. The number of carbonyl (C=O) groups is 1. The summed E-state index contributed by atoms with van der Waals surface area (Å²) in [7, 11) is 0. The summed E-state index contributed by atoms with van der Waals surface area (Å²) in [4.78, 5) is 16.8. The zero-order valence-electron chi connectivity index (χ0n) is 13.8. The molecule has 1 aliphatic carbocycles. The Hall–Kier alpha value is -0.690. The Bertz CT molecular complexity index is 452. The molecule has 130 valence electrons. The van der Waals surface area contributed by atoms with Gasteiger partial charge in [-0.2, -0.15) is 0 Å². The fraction of sp³-hybridized carbons (Fsp3) is 0.941. The van der Waals surface area contributed by atoms with E-state index in [-0.39, 0.29) is 5.91 Å². The molecule has 0 aromatic carbocycles. The molecule has 1 spiro atoms. The summed E-state index contributed by atoms with van der Waals surface area (Å²) in [5, 5.41) is 11.0. The van der Waals surface area contributed by atoms with Gasteiger partial charge in [-0.15, -0.1) is 0 Å². The molecule has 4 rings (SSSR count). The molecule has 0 aromatic heterocycles. The lowest BCUT2D eigenvalue weighted by molar-refractivity contribution is -0.190. The van der Waals surface area contributed by atoms with Crippen molar-refractivity contribution in [1.82, 2.24) is 9.80 Å². The number of carbonyl (C=O) groups excluding carboxylic acids is 1. The second-order valence-electron chi connectivity index (χ2n) is 7.71. The standard InChI is InChI=1S/C17H28N2O4/c20-15-16(21,4-1-7-19(15)12-14-2-3-14)13-18-8-5-17(6-9-18)22-10-11-23-17/h14,21H,1-13H2/t16-/m1/s1. The van der Waals surface area contributed by atoms with Crippen molar-refractivity contribution in [3.63, 3.8) is 0 Å². The number of piperidine rings is 2. The van der Waals surface area contributed by atoms with E-state index in [4.69, 9.17) is 9.47 Å². The summed E-state index contributed by atoms with van der Waals surface area (Å²) in [5.41, 5.74) is -1.20. The monoisotopic (exact) mass is 324 g/mol. The van der Waals surface area contributed by atoms with E-state index in [1.54, 1.807) is 0 Å². The third-order valence-corrected chi connectivity index (χ3v) is 5.80. The van der Waals surface area contributed by atoms with Crippen molar-refractivity contribution in [2.45, 2.75) is 49.9 Å². The minimum absolute atomic E-state index is 0.0516. The summed E-state index contributed by atoms with van der Waals surface area (Å²) in [6.07, 6.45) is 5.60. The van der Waals surface area contributed by atoms with Crippen molar-refractivity contribution in [2.75, 3.05) is 45.9 Å². The second kappa shape index (κ2) is 5.99. The van der Waals surface area contributed by atoms with Crippen molar-refractivity contribution in [3.8, 4) is 0 Å². The smallest absolute Gasteiger partial charge is 0.255 e. The van der Waals surface area contributed by atoms with E-state index in [1.807, 2.05) is 4.90 Å². The molecule has 6 heteroatoms. The molecule has 1 atom stereocenters. The van der Waals surface area contributed by atoms with Gasteiger partial charge in [-0.25, -0.2) is 0 Å². The first-order valence-electron chi connectivity index (χ1n) is 9.11. The highest BCUT2D eigenvalue weighted by molar-refractivity contribution is 5.86. The molecular weight excluding hydrogens is 296 g/mol. The summed E-state index contributed by atoms with van der Waals surface area (Å²) < 4.78 is 11.5. The first-order valence-corrected chi connectivity index (χ1v) is 9.11. The maximum atomic E-state index is 12.7. The Kier molecular flexibility index (Phi) is 4.12. The van der Waals surface area contributed by atoms with Crippen LogP contribution in [-0.4, -0.2) is 78.1 Å². The topological polar surface area (TPSA) is 62.2 Å². The highest BCUT2D eigenvalue weighted by Crippen LogP contribution is 2.35. The van der Waals surface area contributed by atoms with Crippen molar-refractivity contribution in [3.05, 3.63) is 0 Å². The van der Waals surface area contributed by atoms with Crippen molar-refractivity contribution >= 4 is 5.91 Å². The Morgan fingerprint density at radius 3 is 2.43 bits per heavy atom. The highest BCUT2D eigenvalue weighted by Gasteiger charge is 2.46. The van der Waals surface area contributed by atoms with Gasteiger partial charge in [0, 0.05) is 45.6 Å². The molecule has 0 aromatic rings. The van der Waals surface area contributed by atoms with Gasteiger partial charge < -0.3 is 19.5 Å². The van der Waals surface area contributed by atoms with Crippen LogP contribution in [0.4, 0.5) is 0 Å². The third-order valence-electron chi connectivity index (χ3n) is 5.80. The maximum Gasteiger partial charge on any atom is 0.255 e. The first-order chi connectivity index (χ1) is 11.1. The van der Waals surface area contributed by atoms with E-state index in [0.29, 0.717) is 32.1 Å². The van der Waals surface area contributed by atoms with Gasteiger partial charge in [0.2, 0.25) is 0 Å². The summed E-state index contributed by atoms with van der Waals surface area (Å²) >= 11 is 0. The summed E-state index contributed by atoms with van der Waals surface area (Å²) in [6.45, 7) is 5.09. The fourth-order valence-corrected chi connectivity index (χ4v) is 4.21. The molecule has 3 heterocycles. The van der Waals surface area contributed by atoms with Crippen LogP contribution in [0.5, 0.6) is 0 Å². The van der Waals surface area contributed by atoms with Crippen molar-refractivity contribution in [1.29, 1.82) is 0 Å². The molecule has 23 heavy (non-hydrogen) atoms. The molecule has 4 fully saturated rings. The SMILES string of the molecule is O=C1N(CC2CC2)CCC[C@@]1(O)CN1CCC2(CC1)OCCO2. The maximum absolute atomic E-state index is 12.7. The molecule has 0 bridgehead atoms. The van der Waals surface area contributed by atoms with E-state index >= 15 is 0 Å². The molecule has 1 amide bonds. The molecule has 6 nitrogen and oxygen atoms in total. The molecule has 0 radical (unpaired) electrons. The van der Waals surface area contributed by atoms with Crippen LogP contribution in [0.3, 0.4) is 0 Å². The van der Waals surface area contributed by atoms with E-state index in [9.17, 15) is 9.90 Å². The lowest BCUT2D eigenvalue weighted by Gasteiger charge is -2.43. The van der Waals surface area contributed by atoms with Crippen molar-refractivity contribution in [2.24, 2.45) is 5.92 Å². The Morgan fingerprint density at radius 2 is 1.78 bits per heavy atom. The lowest BCUT2D eigenvalue weighted by Crippen LogP contribution is -2.60. The van der Waals surface area contributed by atoms with E-state index in [2.05, 4.69) is 4.90 Å². The lowest BCUT2D eigenvalue weighted by atomic mass is 9.90. The first kappa shape index (κ1) is 15.8. The summed E-state index contributed by atoms with van der Waals surface area (Å²) in [6, 6.07) is 0. The largest absolute Gasteiger partial charge is 0.379 e. The number of hydrogen-bond acceptors (Lipinski definition) is 5. The predicted octanol–water partition coefficient (Wildman–Crippen LogP) is 0.589. The van der Waals surface area contributed by atoms with Gasteiger partial charge in [0.15, 0.2) is 11.4 Å². The van der Waals surface area contributed by atoms with Gasteiger partial charge in [-0.3, -0.25) is 9.69 Å². The van der Waals surface area contributed by atoms with Crippen LogP contribution in [-0.2, 0) is 14.3 Å². The zero-order valence-corrected chi connectivity index (χ0v) is 13.8. The Balaban J connectivity index is 1.34. The number of rotatable bonds is 4. The van der Waals surface area contributed by atoms with Crippen LogP contribution in [0.25, 0.3) is 0 Å². The fourth-order valence-electron chi connectivity index (χ4n) is 4.21. The molecule has 0 unspecified atom stereocenters. The summed E-state index contributed by atoms with van der Waals surface area (Å²) in [5.74, 6) is 0.227. The number of hydrogen-bond donors (Lipinski definition) is 1. The van der Waals surface area contributed by atoms with Crippen LogP contribution < -0.4 is 0 Å². The second-order valence-corrected chi connectivity index (χ2v) is 7.71. The molecule has 4 aliphatic rings. The van der Waals surface area contributed by atoms with Crippen LogP contribution >= 0.6 is 0 Å². The third kappa shape index (κ3) is 3.27. The quantitative estimate of drug-likeness (QED) is 0.820. The Labute approximate surface area is 137 Å². The average Bonchev–Trinajstić information content (AvgIpc) is 3.25. The van der Waals surface area contributed by atoms with Crippen LogP contribution in [0.15, 0.2) is 0 Å². The number of likely N-dealkylation sites (tertiary alicyclic amines) is 2. The zero-order chi connectivity index (χ0) is 15.9. The van der Waals surface area contributed by atoms with Crippen molar-refractivity contribution < 1.29 is 19.4 Å². The van der Waals surface area contributed by atoms with Gasteiger partial charge >= 0.3 is 0 Å². The molecule has 1 saturated carbocycles. The van der Waals surface area contributed by atoms with Crippen LogP contribution in [0.2, 0.25) is 0 Å². The highest BCUT2D eigenvalue weighted by atomic mass is 16.7. The van der Waals surface area contributed by atoms with Gasteiger partial charge in [0.05, 0.1) is 13.2 Å². The van der Waals surface area contributed by atoms with Gasteiger partial charge in [-0.05, 0) is 31.6 Å².